The fourth-order valence-corrected chi connectivity index (χ4v) is 7.31. The lowest BCUT2D eigenvalue weighted by Gasteiger charge is -2.15. The van der Waals surface area contributed by atoms with Crippen LogP contribution in [0, 0.1) is 12.8 Å². The molecule has 1 amide bonds. The minimum atomic E-state index is -3.28. The fourth-order valence-electron chi connectivity index (χ4n) is 5.15. The number of nitrogens with zero attached hydrogens (tertiary/aromatic N) is 3. The Bertz CT molecular complexity index is 1420. The number of aryl methyl sites for hydroxylation is 1. The van der Waals surface area contributed by atoms with Gasteiger partial charge in [-0.2, -0.15) is 5.10 Å². The van der Waals surface area contributed by atoms with Gasteiger partial charge in [0.25, 0.3) is 0 Å². The van der Waals surface area contributed by atoms with Crippen molar-refractivity contribution in [1.82, 2.24) is 25.1 Å². The number of benzene rings is 1. The van der Waals surface area contributed by atoms with Gasteiger partial charge in [-0.3, -0.25) is 4.79 Å². The van der Waals surface area contributed by atoms with Gasteiger partial charge >= 0.3 is 0 Å². The second-order valence-electron chi connectivity index (χ2n) is 12.8. The molecule has 42 heavy (non-hydrogen) atoms. The first-order chi connectivity index (χ1) is 19.8. The van der Waals surface area contributed by atoms with Crippen LogP contribution in [-0.2, 0) is 26.6 Å². The quantitative estimate of drug-likeness (QED) is 0.151. The maximum atomic E-state index is 12.8. The molecular formula is C32H50ClN5O3S. The molecule has 1 atom stereocenters. The van der Waals surface area contributed by atoms with Crippen molar-refractivity contribution in [1.29, 1.82) is 0 Å². The van der Waals surface area contributed by atoms with Crippen LogP contribution in [0.4, 0.5) is 0 Å². The molecule has 3 aromatic rings. The Balaban J connectivity index is 1.47. The van der Waals surface area contributed by atoms with Gasteiger partial charge in [-0.15, -0.1) is 9.73 Å². The summed E-state index contributed by atoms with van der Waals surface area (Å²) in [5.41, 5.74) is 4.00. The van der Waals surface area contributed by atoms with Crippen LogP contribution in [0.15, 0.2) is 18.2 Å². The molecule has 0 fully saturated rings. The summed E-state index contributed by atoms with van der Waals surface area (Å²) in [5, 5.41) is 12.7. The number of aromatic amines is 1. The maximum Gasteiger partial charge on any atom is 0.224 e. The molecular weight excluding hydrogens is 570 g/mol. The summed E-state index contributed by atoms with van der Waals surface area (Å²) in [6.07, 6.45) is 11.6. The lowest BCUT2D eigenvalue weighted by Crippen LogP contribution is -2.33. The zero-order valence-electron chi connectivity index (χ0n) is 26.4. The van der Waals surface area contributed by atoms with Gasteiger partial charge in [0.1, 0.15) is 5.02 Å². The summed E-state index contributed by atoms with van der Waals surface area (Å²) in [5.74, 6) is -0.214. The molecule has 0 bridgehead atoms. The normalized spacial score (nSPS) is 13.1. The first kappa shape index (κ1) is 34.1. The number of amides is 1. The Morgan fingerprint density at radius 3 is 2.24 bits per heavy atom. The molecule has 2 N–H and O–H groups in total. The lowest BCUT2D eigenvalue weighted by molar-refractivity contribution is -0.124. The fraction of sp³-hybridized carbons (Fsp3) is 0.656. The van der Waals surface area contributed by atoms with Crippen molar-refractivity contribution in [3.8, 4) is 11.4 Å². The zero-order chi connectivity index (χ0) is 30.9. The van der Waals surface area contributed by atoms with E-state index < -0.39 is 15.8 Å². The molecule has 0 radical (unpaired) electrons. The van der Waals surface area contributed by atoms with Crippen LogP contribution in [0.25, 0.3) is 17.0 Å². The van der Waals surface area contributed by atoms with E-state index in [9.17, 15) is 13.2 Å². The number of unbranched alkanes of at least 4 members (excludes halogenated alkanes) is 9. The van der Waals surface area contributed by atoms with Gasteiger partial charge in [0.05, 0.1) is 17.2 Å². The number of sulfone groups is 1. The standard InChI is InChI=1S/C32H50ClN5O3S/c1-7-8-9-10-11-12-13-14-15-16-19-42(40,41)22-24(3)31(39)34-21-25-18-17-23(2)26(20-25)29-35-30-27(33)28(32(4,5)6)36-38(30)37-29/h17-18,20,24H,7-16,19,21-22H2,1-6H3,(H,34,39)(H,35,37). The first-order valence-corrected chi connectivity index (χ1v) is 17.8. The molecule has 0 saturated heterocycles. The number of fused-ring (bicyclic) bond motifs is 1. The van der Waals surface area contributed by atoms with E-state index in [0.29, 0.717) is 29.5 Å². The number of rotatable bonds is 17. The molecule has 3 rings (SSSR count). The Morgan fingerprint density at radius 1 is 1.02 bits per heavy atom. The van der Waals surface area contributed by atoms with Crippen molar-refractivity contribution >= 4 is 33.0 Å². The Labute approximate surface area is 257 Å². The molecule has 1 unspecified atom stereocenters. The SMILES string of the molecule is CCCCCCCCCCCCS(=O)(=O)CC(C)C(=O)NCc1ccc(C)c(-c2nn3nc(C(C)(C)C)c(Cl)c3[nH]2)c1. The molecule has 10 heteroatoms. The summed E-state index contributed by atoms with van der Waals surface area (Å²) < 4.78 is 26.8. The maximum absolute atomic E-state index is 12.8. The van der Waals surface area contributed by atoms with E-state index in [1.54, 1.807) is 6.92 Å². The van der Waals surface area contributed by atoms with Crippen LogP contribution in [0.5, 0.6) is 0 Å². The van der Waals surface area contributed by atoms with Gasteiger partial charge < -0.3 is 10.3 Å². The third-order valence-electron chi connectivity index (χ3n) is 7.74. The van der Waals surface area contributed by atoms with Crippen LogP contribution in [-0.4, -0.2) is 45.6 Å². The summed E-state index contributed by atoms with van der Waals surface area (Å²) in [6, 6.07) is 5.90. The Kier molecular flexibility index (Phi) is 12.5. The monoisotopic (exact) mass is 619 g/mol. The van der Waals surface area contributed by atoms with Gasteiger partial charge in [-0.25, -0.2) is 8.42 Å². The lowest BCUT2D eigenvalue weighted by atomic mass is 9.92. The third-order valence-corrected chi connectivity index (χ3v) is 10.0. The number of nitrogens with one attached hydrogen (secondary N) is 2. The van der Waals surface area contributed by atoms with E-state index in [-0.39, 0.29) is 22.8 Å². The molecule has 234 valence electrons. The number of hydrogen-bond acceptors (Lipinski definition) is 5. The number of aromatic nitrogens is 4. The van der Waals surface area contributed by atoms with E-state index in [4.69, 9.17) is 11.6 Å². The van der Waals surface area contributed by atoms with Crippen LogP contribution in [0.2, 0.25) is 5.02 Å². The molecule has 0 aliphatic heterocycles. The van der Waals surface area contributed by atoms with Gasteiger partial charge in [0.2, 0.25) is 5.91 Å². The number of hydrogen-bond donors (Lipinski definition) is 2. The highest BCUT2D eigenvalue weighted by molar-refractivity contribution is 7.91. The molecule has 1 aromatic carbocycles. The highest BCUT2D eigenvalue weighted by Crippen LogP contribution is 2.32. The second kappa shape index (κ2) is 15.4. The third kappa shape index (κ3) is 9.83. The first-order valence-electron chi connectivity index (χ1n) is 15.6. The molecule has 0 aliphatic rings. The molecule has 0 spiro atoms. The Morgan fingerprint density at radius 2 is 1.64 bits per heavy atom. The number of halogens is 1. The van der Waals surface area contributed by atoms with Crippen molar-refractivity contribution in [2.75, 3.05) is 11.5 Å². The highest BCUT2D eigenvalue weighted by Gasteiger charge is 2.26. The smallest absolute Gasteiger partial charge is 0.224 e. The minimum absolute atomic E-state index is 0.126. The van der Waals surface area contributed by atoms with Crippen molar-refractivity contribution in [3.05, 3.63) is 40.0 Å². The van der Waals surface area contributed by atoms with Crippen molar-refractivity contribution in [2.24, 2.45) is 5.92 Å². The molecule has 2 heterocycles. The average Bonchev–Trinajstić information content (AvgIpc) is 3.48. The largest absolute Gasteiger partial charge is 0.352 e. The number of carbonyl (C=O) groups excluding carboxylic acids is 1. The average molecular weight is 620 g/mol. The van der Waals surface area contributed by atoms with Crippen LogP contribution in [0.1, 0.15) is 116 Å². The second-order valence-corrected chi connectivity index (χ2v) is 15.4. The van der Waals surface area contributed by atoms with Gasteiger partial charge in [-0.05, 0) is 30.5 Å². The van der Waals surface area contributed by atoms with Gasteiger partial charge in [0, 0.05) is 23.4 Å². The molecule has 2 aromatic heterocycles. The predicted octanol–water partition coefficient (Wildman–Crippen LogP) is 7.57. The van der Waals surface area contributed by atoms with Crippen molar-refractivity contribution in [3.63, 3.8) is 0 Å². The molecule has 0 aliphatic carbocycles. The highest BCUT2D eigenvalue weighted by atomic mass is 35.5. The number of carbonyl (C=O) groups is 1. The van der Waals surface area contributed by atoms with Crippen LogP contribution < -0.4 is 5.32 Å². The summed E-state index contributed by atoms with van der Waals surface area (Å²) in [4.78, 5) is 16.1. The topological polar surface area (TPSA) is 109 Å². The van der Waals surface area contributed by atoms with Crippen LogP contribution >= 0.6 is 11.6 Å². The van der Waals surface area contributed by atoms with Gasteiger partial charge in [-0.1, -0.05) is 116 Å². The summed E-state index contributed by atoms with van der Waals surface area (Å²) in [6.45, 7) is 12.4. The summed E-state index contributed by atoms with van der Waals surface area (Å²) >= 11 is 6.60. The zero-order valence-corrected chi connectivity index (χ0v) is 27.9. The van der Waals surface area contributed by atoms with E-state index >= 15 is 0 Å². The van der Waals surface area contributed by atoms with Gasteiger partial charge in [0.15, 0.2) is 21.3 Å². The minimum Gasteiger partial charge on any atom is -0.352 e. The van der Waals surface area contributed by atoms with E-state index in [1.807, 2.05) is 25.1 Å². The molecule has 8 nitrogen and oxygen atoms in total. The van der Waals surface area contributed by atoms with E-state index in [1.165, 1.54) is 49.6 Å². The molecule has 0 saturated carbocycles. The summed E-state index contributed by atoms with van der Waals surface area (Å²) in [7, 11) is -3.28. The Hall–Kier alpha value is -2.39. The van der Waals surface area contributed by atoms with Crippen molar-refractivity contribution < 1.29 is 13.2 Å². The predicted molar refractivity (Wildman–Crippen MR) is 173 cm³/mol. The van der Waals surface area contributed by atoms with Crippen molar-refractivity contribution in [2.45, 2.75) is 118 Å². The van der Waals surface area contributed by atoms with E-state index in [2.05, 4.69) is 48.2 Å². The van der Waals surface area contributed by atoms with E-state index in [0.717, 1.165) is 35.2 Å². The number of H-pyrrole nitrogens is 1. The van der Waals surface area contributed by atoms with Crippen LogP contribution in [0.3, 0.4) is 0 Å².